The van der Waals surface area contributed by atoms with E-state index in [4.69, 9.17) is 4.74 Å². The van der Waals surface area contributed by atoms with Crippen LogP contribution in [0.15, 0.2) is 6.07 Å². The topological polar surface area (TPSA) is 59.1 Å². The van der Waals surface area contributed by atoms with E-state index >= 15 is 0 Å². The second-order valence-corrected chi connectivity index (χ2v) is 5.05. The maximum atomic E-state index is 12.8. The average Bonchev–Trinajstić information content (AvgIpc) is 2.37. The minimum Gasteiger partial charge on any atom is -0.379 e. The van der Waals surface area contributed by atoms with Gasteiger partial charge in [0.25, 0.3) is 0 Å². The van der Waals surface area contributed by atoms with Crippen molar-refractivity contribution < 1.29 is 17.9 Å². The summed E-state index contributed by atoms with van der Waals surface area (Å²) in [5, 5.41) is 5.64. The van der Waals surface area contributed by atoms with Crippen molar-refractivity contribution in [2.24, 2.45) is 0 Å². The summed E-state index contributed by atoms with van der Waals surface area (Å²) in [7, 11) is 1.51. The van der Waals surface area contributed by atoms with Gasteiger partial charge in [0.15, 0.2) is 0 Å². The number of nitrogens with one attached hydrogen (secondary N) is 2. The lowest BCUT2D eigenvalue weighted by Gasteiger charge is -2.34. The molecule has 2 rings (SSSR count). The maximum Gasteiger partial charge on any atom is 0.451 e. The summed E-state index contributed by atoms with van der Waals surface area (Å²) < 4.78 is 43.6. The van der Waals surface area contributed by atoms with E-state index in [9.17, 15) is 13.2 Å². The zero-order valence-electron chi connectivity index (χ0n) is 11.3. The van der Waals surface area contributed by atoms with Gasteiger partial charge in [-0.3, -0.25) is 0 Å². The number of hydrogen-bond donors (Lipinski definition) is 2. The van der Waals surface area contributed by atoms with Crippen molar-refractivity contribution in [1.29, 1.82) is 0 Å². The molecule has 1 unspecified atom stereocenters. The van der Waals surface area contributed by atoms with Crippen LogP contribution in [-0.4, -0.2) is 35.8 Å². The van der Waals surface area contributed by atoms with Gasteiger partial charge in [-0.2, -0.15) is 13.2 Å². The standard InChI is InChI=1S/C12H17F3N4O/c1-11(4-3-5-20-7-11)19-9-6-8(16-2)17-10(18-9)12(13,14)15/h6H,3-5,7H2,1-2H3,(H2,16,17,18,19). The molecule has 0 radical (unpaired) electrons. The molecule has 5 nitrogen and oxygen atoms in total. The fourth-order valence-electron chi connectivity index (χ4n) is 2.11. The molecule has 0 aromatic carbocycles. The summed E-state index contributed by atoms with van der Waals surface area (Å²) in [5.41, 5.74) is -0.416. The first-order valence-electron chi connectivity index (χ1n) is 6.32. The number of nitrogens with zero attached hydrogens (tertiary/aromatic N) is 2. The highest BCUT2D eigenvalue weighted by atomic mass is 19.4. The summed E-state index contributed by atoms with van der Waals surface area (Å²) in [6.45, 7) is 3.02. The van der Waals surface area contributed by atoms with Gasteiger partial charge in [-0.15, -0.1) is 0 Å². The Labute approximate surface area is 114 Å². The summed E-state index contributed by atoms with van der Waals surface area (Å²) in [4.78, 5) is 6.97. The Kier molecular flexibility index (Phi) is 4.03. The van der Waals surface area contributed by atoms with Crippen LogP contribution in [-0.2, 0) is 10.9 Å². The Balaban J connectivity index is 2.26. The minimum absolute atomic E-state index is 0.121. The predicted molar refractivity (Wildman–Crippen MR) is 68.7 cm³/mol. The van der Waals surface area contributed by atoms with Gasteiger partial charge >= 0.3 is 6.18 Å². The van der Waals surface area contributed by atoms with E-state index in [1.54, 1.807) is 0 Å². The van der Waals surface area contributed by atoms with Crippen LogP contribution in [0.25, 0.3) is 0 Å². The molecule has 0 bridgehead atoms. The second kappa shape index (κ2) is 5.43. The minimum atomic E-state index is -4.58. The molecule has 0 spiro atoms. The molecule has 1 aliphatic heterocycles. The lowest BCUT2D eigenvalue weighted by atomic mass is 9.95. The highest BCUT2D eigenvalue weighted by molar-refractivity contribution is 5.49. The molecule has 1 atom stereocenters. The van der Waals surface area contributed by atoms with Crippen LogP contribution in [0.5, 0.6) is 0 Å². The number of ether oxygens (including phenoxy) is 1. The lowest BCUT2D eigenvalue weighted by Crippen LogP contribution is -2.43. The Morgan fingerprint density at radius 2 is 2.00 bits per heavy atom. The highest BCUT2D eigenvalue weighted by Gasteiger charge is 2.36. The summed E-state index contributed by atoms with van der Waals surface area (Å²) >= 11 is 0. The maximum absolute atomic E-state index is 12.8. The number of hydrogen-bond acceptors (Lipinski definition) is 5. The van der Waals surface area contributed by atoms with Gasteiger partial charge in [-0.1, -0.05) is 0 Å². The molecule has 20 heavy (non-hydrogen) atoms. The van der Waals surface area contributed by atoms with Crippen LogP contribution in [0.4, 0.5) is 24.8 Å². The normalized spacial score (nSPS) is 23.4. The van der Waals surface area contributed by atoms with E-state index < -0.39 is 17.5 Å². The third kappa shape index (κ3) is 3.50. The lowest BCUT2D eigenvalue weighted by molar-refractivity contribution is -0.144. The number of aromatic nitrogens is 2. The molecule has 0 saturated carbocycles. The van der Waals surface area contributed by atoms with Crippen molar-refractivity contribution in [2.75, 3.05) is 30.9 Å². The zero-order valence-corrected chi connectivity index (χ0v) is 11.3. The highest BCUT2D eigenvalue weighted by Crippen LogP contribution is 2.30. The van der Waals surface area contributed by atoms with E-state index in [1.165, 1.54) is 13.1 Å². The van der Waals surface area contributed by atoms with Gasteiger partial charge < -0.3 is 15.4 Å². The smallest absolute Gasteiger partial charge is 0.379 e. The van der Waals surface area contributed by atoms with Crippen molar-refractivity contribution in [2.45, 2.75) is 31.5 Å². The Hall–Kier alpha value is -1.57. The summed E-state index contributed by atoms with van der Waals surface area (Å²) in [6, 6.07) is 1.45. The predicted octanol–water partition coefficient (Wildman–Crippen LogP) is 2.52. The molecule has 8 heteroatoms. The van der Waals surface area contributed by atoms with E-state index in [0.29, 0.717) is 13.2 Å². The number of alkyl halides is 3. The van der Waals surface area contributed by atoms with E-state index in [1.807, 2.05) is 6.92 Å². The van der Waals surface area contributed by atoms with E-state index in [-0.39, 0.29) is 11.6 Å². The molecule has 1 aromatic heterocycles. The zero-order chi connectivity index (χ0) is 14.8. The van der Waals surface area contributed by atoms with Gasteiger partial charge in [0.1, 0.15) is 11.6 Å². The largest absolute Gasteiger partial charge is 0.451 e. The second-order valence-electron chi connectivity index (χ2n) is 5.05. The molecule has 1 fully saturated rings. The monoisotopic (exact) mass is 290 g/mol. The van der Waals surface area contributed by atoms with E-state index in [0.717, 1.165) is 12.8 Å². The summed E-state index contributed by atoms with van der Waals surface area (Å²) in [6.07, 6.45) is -2.90. The third-order valence-electron chi connectivity index (χ3n) is 3.10. The van der Waals surface area contributed by atoms with Crippen molar-refractivity contribution in [3.05, 3.63) is 11.9 Å². The molecule has 112 valence electrons. The van der Waals surface area contributed by atoms with Gasteiger partial charge in [-0.05, 0) is 19.8 Å². The molecule has 1 saturated heterocycles. The third-order valence-corrected chi connectivity index (χ3v) is 3.10. The van der Waals surface area contributed by atoms with Crippen LogP contribution in [0.2, 0.25) is 0 Å². The molecule has 1 aromatic rings. The number of halogens is 3. The van der Waals surface area contributed by atoms with Gasteiger partial charge in [-0.25, -0.2) is 9.97 Å². The SMILES string of the molecule is CNc1cc(NC2(C)CCCOC2)nc(C(F)(F)F)n1. The summed E-state index contributed by atoms with van der Waals surface area (Å²) in [5.74, 6) is -0.896. The Morgan fingerprint density at radius 3 is 2.55 bits per heavy atom. The van der Waals surface area contributed by atoms with Crippen LogP contribution < -0.4 is 10.6 Å². The van der Waals surface area contributed by atoms with Crippen LogP contribution >= 0.6 is 0 Å². The van der Waals surface area contributed by atoms with Crippen molar-refractivity contribution in [3.8, 4) is 0 Å². The molecule has 0 amide bonds. The van der Waals surface area contributed by atoms with Crippen molar-refractivity contribution in [1.82, 2.24) is 9.97 Å². The van der Waals surface area contributed by atoms with Crippen LogP contribution in [0.1, 0.15) is 25.6 Å². The molecular weight excluding hydrogens is 273 g/mol. The molecule has 2 heterocycles. The fraction of sp³-hybridized carbons (Fsp3) is 0.667. The Morgan fingerprint density at radius 1 is 1.30 bits per heavy atom. The van der Waals surface area contributed by atoms with Crippen molar-refractivity contribution in [3.63, 3.8) is 0 Å². The van der Waals surface area contributed by atoms with Crippen LogP contribution in [0, 0.1) is 0 Å². The molecule has 1 aliphatic rings. The first-order valence-corrected chi connectivity index (χ1v) is 6.32. The number of anilines is 2. The molecular formula is C12H17F3N4O. The number of rotatable bonds is 3. The van der Waals surface area contributed by atoms with Gasteiger partial charge in [0, 0.05) is 19.7 Å². The van der Waals surface area contributed by atoms with Crippen molar-refractivity contribution >= 4 is 11.6 Å². The average molecular weight is 290 g/mol. The van der Waals surface area contributed by atoms with E-state index in [2.05, 4.69) is 20.6 Å². The quantitative estimate of drug-likeness (QED) is 0.895. The van der Waals surface area contributed by atoms with Gasteiger partial charge in [0.05, 0.1) is 12.1 Å². The molecule has 0 aliphatic carbocycles. The first kappa shape index (κ1) is 14.8. The Bertz CT molecular complexity index is 472. The fourth-order valence-corrected chi connectivity index (χ4v) is 2.11. The molecule has 2 N–H and O–H groups in total. The van der Waals surface area contributed by atoms with Crippen LogP contribution in [0.3, 0.4) is 0 Å². The first-order chi connectivity index (χ1) is 9.32. The van der Waals surface area contributed by atoms with Gasteiger partial charge in [0.2, 0.25) is 5.82 Å².